The summed E-state index contributed by atoms with van der Waals surface area (Å²) >= 11 is 0. The summed E-state index contributed by atoms with van der Waals surface area (Å²) in [6, 6.07) is 5.88. The van der Waals surface area contributed by atoms with Crippen molar-refractivity contribution in [3.8, 4) is 5.82 Å². The van der Waals surface area contributed by atoms with Crippen molar-refractivity contribution in [3.63, 3.8) is 0 Å². The standard InChI is InChI=1S/C22H33N5O2/c1-16-14-17(2)26(24-16)20-10-11-21(28)27(25-20)19-8-6-18(7-9-19)23-15-22(29)12-4-3-5-13-22/h10-11,14,18-19,23,29H,3-9,12-13,15H2,1-2H3. The van der Waals surface area contributed by atoms with Crippen LogP contribution in [0.1, 0.15) is 75.2 Å². The van der Waals surface area contributed by atoms with Crippen molar-refractivity contribution >= 4 is 0 Å². The maximum absolute atomic E-state index is 12.5. The Balaban J connectivity index is 1.39. The van der Waals surface area contributed by atoms with Crippen molar-refractivity contribution in [2.24, 2.45) is 0 Å². The van der Waals surface area contributed by atoms with Gasteiger partial charge in [-0.2, -0.15) is 5.10 Å². The summed E-state index contributed by atoms with van der Waals surface area (Å²) in [5, 5.41) is 23.4. The first-order valence-corrected chi connectivity index (χ1v) is 11.0. The van der Waals surface area contributed by atoms with Gasteiger partial charge in [0.15, 0.2) is 5.82 Å². The molecule has 2 heterocycles. The molecular weight excluding hydrogens is 366 g/mol. The third-order valence-corrected chi connectivity index (χ3v) is 6.58. The largest absolute Gasteiger partial charge is 0.389 e. The average Bonchev–Trinajstić information content (AvgIpc) is 3.06. The highest BCUT2D eigenvalue weighted by Gasteiger charge is 2.31. The van der Waals surface area contributed by atoms with Crippen molar-refractivity contribution < 1.29 is 5.11 Å². The van der Waals surface area contributed by atoms with Gasteiger partial charge < -0.3 is 10.4 Å². The Morgan fingerprint density at radius 1 is 1.10 bits per heavy atom. The summed E-state index contributed by atoms with van der Waals surface area (Å²) in [5.41, 5.74) is 1.37. The first-order chi connectivity index (χ1) is 13.9. The molecule has 2 N–H and O–H groups in total. The average molecular weight is 400 g/mol. The van der Waals surface area contributed by atoms with E-state index in [9.17, 15) is 9.90 Å². The van der Waals surface area contributed by atoms with Crippen molar-refractivity contribution in [2.45, 2.75) is 89.3 Å². The summed E-state index contributed by atoms with van der Waals surface area (Å²) in [7, 11) is 0. The fourth-order valence-corrected chi connectivity index (χ4v) is 4.90. The zero-order valence-corrected chi connectivity index (χ0v) is 17.6. The molecule has 0 aromatic carbocycles. The summed E-state index contributed by atoms with van der Waals surface area (Å²) in [6.07, 6.45) is 9.16. The molecule has 2 aromatic heterocycles. The first-order valence-electron chi connectivity index (χ1n) is 11.0. The maximum atomic E-state index is 12.5. The number of nitrogens with zero attached hydrogens (tertiary/aromatic N) is 4. The molecule has 2 aromatic rings. The van der Waals surface area contributed by atoms with Crippen LogP contribution >= 0.6 is 0 Å². The van der Waals surface area contributed by atoms with E-state index in [1.54, 1.807) is 21.5 Å². The van der Waals surface area contributed by atoms with Crippen LogP contribution in [0.2, 0.25) is 0 Å². The van der Waals surface area contributed by atoms with Gasteiger partial charge >= 0.3 is 0 Å². The molecule has 0 radical (unpaired) electrons. The zero-order valence-electron chi connectivity index (χ0n) is 17.6. The highest BCUT2D eigenvalue weighted by Crippen LogP contribution is 2.30. The predicted octanol–water partition coefficient (Wildman–Crippen LogP) is 2.81. The second kappa shape index (κ2) is 8.40. The lowest BCUT2D eigenvalue weighted by molar-refractivity contribution is 0.00127. The molecule has 0 bridgehead atoms. The molecule has 29 heavy (non-hydrogen) atoms. The maximum Gasteiger partial charge on any atom is 0.267 e. The Hall–Kier alpha value is -1.99. The molecule has 0 saturated heterocycles. The molecule has 2 saturated carbocycles. The van der Waals surface area contributed by atoms with E-state index >= 15 is 0 Å². The van der Waals surface area contributed by atoms with Crippen LogP contribution in [-0.4, -0.2) is 42.9 Å². The van der Waals surface area contributed by atoms with E-state index in [1.807, 2.05) is 19.9 Å². The molecule has 2 aliphatic rings. The fraction of sp³-hybridized carbons (Fsp3) is 0.682. The van der Waals surface area contributed by atoms with E-state index in [0.29, 0.717) is 18.4 Å². The second-order valence-electron chi connectivity index (χ2n) is 8.98. The Morgan fingerprint density at radius 2 is 1.83 bits per heavy atom. The number of aryl methyl sites for hydroxylation is 2. The summed E-state index contributed by atoms with van der Waals surface area (Å²) in [5.74, 6) is 0.690. The van der Waals surface area contributed by atoms with Crippen LogP contribution in [0.25, 0.3) is 5.82 Å². The first kappa shape index (κ1) is 20.3. The van der Waals surface area contributed by atoms with E-state index in [-0.39, 0.29) is 11.6 Å². The molecule has 0 spiro atoms. The normalized spacial score (nSPS) is 24.5. The quantitative estimate of drug-likeness (QED) is 0.808. The lowest BCUT2D eigenvalue weighted by atomic mass is 9.84. The van der Waals surface area contributed by atoms with E-state index in [1.165, 1.54) is 6.42 Å². The minimum Gasteiger partial charge on any atom is -0.389 e. The van der Waals surface area contributed by atoms with Gasteiger partial charge in [-0.3, -0.25) is 4.79 Å². The van der Waals surface area contributed by atoms with E-state index in [0.717, 1.165) is 62.8 Å². The van der Waals surface area contributed by atoms with Crippen molar-refractivity contribution in [2.75, 3.05) is 6.54 Å². The Morgan fingerprint density at radius 3 is 2.48 bits per heavy atom. The molecule has 0 amide bonds. The van der Waals surface area contributed by atoms with Crippen LogP contribution in [0.4, 0.5) is 0 Å². The van der Waals surface area contributed by atoms with Crippen molar-refractivity contribution in [1.82, 2.24) is 24.9 Å². The van der Waals surface area contributed by atoms with Crippen LogP contribution in [-0.2, 0) is 0 Å². The SMILES string of the molecule is Cc1cc(C)n(-c2ccc(=O)n(C3CCC(NCC4(O)CCCCC4)CC3)n2)n1. The number of rotatable bonds is 5. The topological polar surface area (TPSA) is 85.0 Å². The number of hydrogen-bond donors (Lipinski definition) is 2. The summed E-state index contributed by atoms with van der Waals surface area (Å²) in [6.45, 7) is 4.64. The lowest BCUT2D eigenvalue weighted by Crippen LogP contribution is -2.47. The molecule has 0 unspecified atom stereocenters. The smallest absolute Gasteiger partial charge is 0.267 e. The molecule has 7 nitrogen and oxygen atoms in total. The van der Waals surface area contributed by atoms with Gasteiger partial charge in [0.1, 0.15) is 0 Å². The molecule has 0 aliphatic heterocycles. The molecule has 2 aliphatic carbocycles. The molecular formula is C22H33N5O2. The molecule has 158 valence electrons. The van der Waals surface area contributed by atoms with Crippen LogP contribution in [0, 0.1) is 13.8 Å². The number of aromatic nitrogens is 4. The zero-order chi connectivity index (χ0) is 20.4. The van der Waals surface area contributed by atoms with Gasteiger partial charge in [0, 0.05) is 24.3 Å². The van der Waals surface area contributed by atoms with E-state index < -0.39 is 5.60 Å². The van der Waals surface area contributed by atoms with Crippen LogP contribution in [0.15, 0.2) is 23.0 Å². The molecule has 2 fully saturated rings. The predicted molar refractivity (Wildman–Crippen MR) is 112 cm³/mol. The Labute approximate surface area is 172 Å². The summed E-state index contributed by atoms with van der Waals surface area (Å²) in [4.78, 5) is 12.5. The van der Waals surface area contributed by atoms with Crippen LogP contribution in [0.3, 0.4) is 0 Å². The third-order valence-electron chi connectivity index (χ3n) is 6.58. The minimum atomic E-state index is -0.526. The van der Waals surface area contributed by atoms with Gasteiger partial charge in [-0.05, 0) is 64.5 Å². The van der Waals surface area contributed by atoms with Gasteiger partial charge in [-0.1, -0.05) is 19.3 Å². The van der Waals surface area contributed by atoms with Gasteiger partial charge in [0.25, 0.3) is 5.56 Å². The van der Waals surface area contributed by atoms with Gasteiger partial charge in [0.05, 0.1) is 17.3 Å². The van der Waals surface area contributed by atoms with Crippen molar-refractivity contribution in [1.29, 1.82) is 0 Å². The van der Waals surface area contributed by atoms with E-state index in [4.69, 9.17) is 0 Å². The lowest BCUT2D eigenvalue weighted by Gasteiger charge is -2.36. The number of aliphatic hydroxyl groups is 1. The number of hydrogen-bond acceptors (Lipinski definition) is 5. The molecule has 4 rings (SSSR count). The minimum absolute atomic E-state index is 0.0526. The Kier molecular flexibility index (Phi) is 5.88. The Bertz CT molecular complexity index is 889. The highest BCUT2D eigenvalue weighted by atomic mass is 16.3. The molecule has 0 atom stereocenters. The van der Waals surface area contributed by atoms with Gasteiger partial charge in [-0.25, -0.2) is 9.36 Å². The van der Waals surface area contributed by atoms with Gasteiger partial charge in [0.2, 0.25) is 0 Å². The van der Waals surface area contributed by atoms with Crippen LogP contribution < -0.4 is 10.9 Å². The van der Waals surface area contributed by atoms with Crippen LogP contribution in [0.5, 0.6) is 0 Å². The molecule has 7 heteroatoms. The monoisotopic (exact) mass is 399 g/mol. The summed E-state index contributed by atoms with van der Waals surface area (Å²) < 4.78 is 3.44. The highest BCUT2D eigenvalue weighted by molar-refractivity contribution is 5.24. The second-order valence-corrected chi connectivity index (χ2v) is 8.98. The van der Waals surface area contributed by atoms with Gasteiger partial charge in [-0.15, -0.1) is 5.10 Å². The van der Waals surface area contributed by atoms with Crippen molar-refractivity contribution in [3.05, 3.63) is 39.9 Å². The fourth-order valence-electron chi connectivity index (χ4n) is 4.90. The van der Waals surface area contributed by atoms with E-state index in [2.05, 4.69) is 15.5 Å². The third kappa shape index (κ3) is 4.61. The number of nitrogens with one attached hydrogen (secondary N) is 1.